The highest BCUT2D eigenvalue weighted by Gasteiger charge is 2.34. The molecule has 0 bridgehead atoms. The lowest BCUT2D eigenvalue weighted by molar-refractivity contribution is -0.132. The Bertz CT molecular complexity index is 707. The smallest absolute Gasteiger partial charge is 0.249 e. The van der Waals surface area contributed by atoms with Gasteiger partial charge in [0.1, 0.15) is 6.04 Å². The fourth-order valence-corrected chi connectivity index (χ4v) is 4.17. The third-order valence-electron chi connectivity index (χ3n) is 5.57. The molecule has 2 aromatic rings. The lowest BCUT2D eigenvalue weighted by Gasteiger charge is -2.22. The van der Waals surface area contributed by atoms with Gasteiger partial charge in [0.2, 0.25) is 17.6 Å². The molecule has 1 saturated carbocycles. The van der Waals surface area contributed by atoms with E-state index in [2.05, 4.69) is 10.1 Å². The first-order valence-corrected chi connectivity index (χ1v) is 9.50. The van der Waals surface area contributed by atoms with Crippen LogP contribution in [0.5, 0.6) is 0 Å². The second-order valence-corrected chi connectivity index (χ2v) is 7.26. The van der Waals surface area contributed by atoms with Gasteiger partial charge in [0.05, 0.1) is 0 Å². The highest BCUT2D eigenvalue weighted by atomic mass is 16.5. The van der Waals surface area contributed by atoms with Gasteiger partial charge < -0.3 is 9.42 Å². The van der Waals surface area contributed by atoms with Crippen molar-refractivity contribution in [3.05, 3.63) is 36.2 Å². The van der Waals surface area contributed by atoms with E-state index >= 15 is 0 Å². The molecule has 1 aliphatic carbocycles. The van der Waals surface area contributed by atoms with Crippen LogP contribution in [0.25, 0.3) is 11.4 Å². The number of carbonyl (C=O) groups excluding carboxylic acids is 1. The van der Waals surface area contributed by atoms with Crippen LogP contribution >= 0.6 is 0 Å². The molecule has 0 spiro atoms. The number of aromatic nitrogens is 2. The van der Waals surface area contributed by atoms with Crippen LogP contribution < -0.4 is 0 Å². The fraction of sp³-hybridized carbons (Fsp3) is 0.550. The lowest BCUT2D eigenvalue weighted by Crippen LogP contribution is -2.30. The zero-order valence-corrected chi connectivity index (χ0v) is 14.6. The van der Waals surface area contributed by atoms with Crippen molar-refractivity contribution in [2.24, 2.45) is 5.92 Å². The highest BCUT2D eigenvalue weighted by molar-refractivity contribution is 5.77. The number of hydrogen-bond donors (Lipinski definition) is 0. The number of carbonyl (C=O) groups is 1. The summed E-state index contributed by atoms with van der Waals surface area (Å²) >= 11 is 0. The van der Waals surface area contributed by atoms with Crippen molar-refractivity contribution in [3.8, 4) is 11.4 Å². The van der Waals surface area contributed by atoms with Gasteiger partial charge in [0.25, 0.3) is 0 Å². The van der Waals surface area contributed by atoms with Gasteiger partial charge in [-0.3, -0.25) is 4.79 Å². The molecule has 1 aliphatic heterocycles. The summed E-state index contributed by atoms with van der Waals surface area (Å²) in [6.45, 7) is 0.803. The second kappa shape index (κ2) is 7.38. The van der Waals surface area contributed by atoms with Crippen LogP contribution in [0, 0.1) is 5.92 Å². The van der Waals surface area contributed by atoms with E-state index in [1.165, 1.54) is 25.7 Å². The summed E-state index contributed by atoms with van der Waals surface area (Å²) < 4.78 is 5.51. The Morgan fingerprint density at radius 2 is 1.92 bits per heavy atom. The van der Waals surface area contributed by atoms with Gasteiger partial charge in [-0.15, -0.1) is 0 Å². The van der Waals surface area contributed by atoms with Crippen molar-refractivity contribution in [2.45, 2.75) is 57.4 Å². The van der Waals surface area contributed by atoms with Gasteiger partial charge in [-0.05, 0) is 25.2 Å². The topological polar surface area (TPSA) is 59.2 Å². The zero-order chi connectivity index (χ0) is 17.1. The molecule has 5 heteroatoms. The fourth-order valence-electron chi connectivity index (χ4n) is 4.17. The number of amides is 1. The van der Waals surface area contributed by atoms with E-state index in [9.17, 15) is 4.79 Å². The van der Waals surface area contributed by atoms with Gasteiger partial charge in [-0.1, -0.05) is 61.2 Å². The van der Waals surface area contributed by atoms with E-state index in [4.69, 9.17) is 4.52 Å². The number of nitrogens with zero attached hydrogens (tertiary/aromatic N) is 3. The molecule has 2 heterocycles. The summed E-state index contributed by atoms with van der Waals surface area (Å²) in [5.41, 5.74) is 0.939. The summed E-state index contributed by atoms with van der Waals surface area (Å²) in [5.74, 6) is 2.17. The molecule has 2 fully saturated rings. The van der Waals surface area contributed by atoms with Crippen LogP contribution in [-0.2, 0) is 4.79 Å². The van der Waals surface area contributed by atoms with Crippen LogP contribution in [0.4, 0.5) is 0 Å². The molecule has 1 saturated heterocycles. The Morgan fingerprint density at radius 3 is 2.72 bits per heavy atom. The second-order valence-electron chi connectivity index (χ2n) is 7.26. The average Bonchev–Trinajstić information content (AvgIpc) is 3.41. The molecule has 1 atom stereocenters. The SMILES string of the molecule is O=C(CCC1CCCC1)N1CCCC1c1nc(-c2ccccc2)no1. The summed E-state index contributed by atoms with van der Waals surface area (Å²) in [7, 11) is 0. The normalized spacial score (nSPS) is 21.1. The minimum atomic E-state index is -0.0546. The molecule has 1 amide bonds. The Hall–Kier alpha value is -2.17. The van der Waals surface area contributed by atoms with Crippen molar-refractivity contribution in [1.82, 2.24) is 15.0 Å². The maximum absolute atomic E-state index is 12.7. The first-order chi connectivity index (χ1) is 12.3. The Kier molecular flexibility index (Phi) is 4.81. The van der Waals surface area contributed by atoms with Crippen molar-refractivity contribution in [2.75, 3.05) is 6.54 Å². The minimum absolute atomic E-state index is 0.0546. The minimum Gasteiger partial charge on any atom is -0.337 e. The average molecular weight is 339 g/mol. The molecular formula is C20H25N3O2. The predicted molar refractivity (Wildman–Crippen MR) is 94.6 cm³/mol. The molecule has 0 radical (unpaired) electrons. The Labute approximate surface area is 148 Å². The van der Waals surface area contributed by atoms with Crippen molar-refractivity contribution in [1.29, 1.82) is 0 Å². The first kappa shape index (κ1) is 16.3. The number of likely N-dealkylation sites (tertiary alicyclic amines) is 1. The number of benzene rings is 1. The van der Waals surface area contributed by atoms with Gasteiger partial charge in [-0.2, -0.15) is 4.98 Å². The van der Waals surface area contributed by atoms with E-state index in [0.29, 0.717) is 18.1 Å². The monoisotopic (exact) mass is 339 g/mol. The van der Waals surface area contributed by atoms with Crippen LogP contribution in [0.15, 0.2) is 34.9 Å². The molecule has 2 aliphatic rings. The third kappa shape index (κ3) is 3.60. The number of hydrogen-bond acceptors (Lipinski definition) is 4. The van der Waals surface area contributed by atoms with E-state index in [1.807, 2.05) is 35.2 Å². The zero-order valence-electron chi connectivity index (χ0n) is 14.6. The van der Waals surface area contributed by atoms with E-state index in [-0.39, 0.29) is 11.9 Å². The largest absolute Gasteiger partial charge is 0.337 e. The van der Waals surface area contributed by atoms with Gasteiger partial charge in [-0.25, -0.2) is 0 Å². The molecule has 5 nitrogen and oxygen atoms in total. The van der Waals surface area contributed by atoms with Gasteiger partial charge in [0.15, 0.2) is 0 Å². The van der Waals surface area contributed by atoms with Crippen LogP contribution in [-0.4, -0.2) is 27.5 Å². The van der Waals surface area contributed by atoms with Gasteiger partial charge >= 0.3 is 0 Å². The lowest BCUT2D eigenvalue weighted by atomic mass is 10.0. The summed E-state index contributed by atoms with van der Waals surface area (Å²) in [4.78, 5) is 19.2. The standard InChI is InChI=1S/C20H25N3O2/c24-18(13-12-15-7-4-5-8-15)23-14-6-11-17(23)20-21-19(22-25-20)16-9-2-1-3-10-16/h1-3,9-10,15,17H,4-8,11-14H2. The first-order valence-electron chi connectivity index (χ1n) is 9.50. The third-order valence-corrected chi connectivity index (χ3v) is 5.57. The molecule has 1 aromatic carbocycles. The summed E-state index contributed by atoms with van der Waals surface area (Å²) in [5, 5.41) is 4.11. The summed E-state index contributed by atoms with van der Waals surface area (Å²) in [6, 6.07) is 9.76. The van der Waals surface area contributed by atoms with E-state index in [1.54, 1.807) is 0 Å². The van der Waals surface area contributed by atoms with Crippen molar-refractivity contribution < 1.29 is 9.32 Å². The molecule has 1 aromatic heterocycles. The number of rotatable bonds is 5. The Morgan fingerprint density at radius 1 is 1.12 bits per heavy atom. The van der Waals surface area contributed by atoms with E-state index < -0.39 is 0 Å². The van der Waals surface area contributed by atoms with Gasteiger partial charge in [0, 0.05) is 18.5 Å². The summed E-state index contributed by atoms with van der Waals surface area (Å²) in [6.07, 6.45) is 8.84. The molecular weight excluding hydrogens is 314 g/mol. The molecule has 132 valence electrons. The van der Waals surface area contributed by atoms with Crippen molar-refractivity contribution >= 4 is 5.91 Å². The van der Waals surface area contributed by atoms with Crippen LogP contribution in [0.3, 0.4) is 0 Å². The highest BCUT2D eigenvalue weighted by Crippen LogP contribution is 2.34. The maximum atomic E-state index is 12.7. The van der Waals surface area contributed by atoms with Crippen molar-refractivity contribution in [3.63, 3.8) is 0 Å². The molecule has 4 rings (SSSR count). The van der Waals surface area contributed by atoms with Crippen LogP contribution in [0.1, 0.15) is 63.3 Å². The maximum Gasteiger partial charge on any atom is 0.249 e. The predicted octanol–water partition coefficient (Wildman–Crippen LogP) is 4.37. The van der Waals surface area contributed by atoms with E-state index in [0.717, 1.165) is 37.3 Å². The molecule has 1 unspecified atom stereocenters. The Balaban J connectivity index is 1.42. The molecule has 25 heavy (non-hydrogen) atoms. The quantitative estimate of drug-likeness (QED) is 0.811. The van der Waals surface area contributed by atoms with Crippen LogP contribution in [0.2, 0.25) is 0 Å². The molecule has 0 N–H and O–H groups in total.